The zero-order chi connectivity index (χ0) is 27.9. The molecule has 0 spiro atoms. The van der Waals surface area contributed by atoms with Crippen molar-refractivity contribution >= 4 is 33.2 Å². The van der Waals surface area contributed by atoms with Gasteiger partial charge in [-0.05, 0) is 60.7 Å². The highest BCUT2D eigenvalue weighted by molar-refractivity contribution is 7.92. The van der Waals surface area contributed by atoms with Gasteiger partial charge in [0.15, 0.2) is 0 Å². The predicted molar refractivity (Wildman–Crippen MR) is 151 cm³/mol. The van der Waals surface area contributed by atoms with Crippen molar-refractivity contribution in [2.45, 2.75) is 44.9 Å². The highest BCUT2D eigenvalue weighted by Crippen LogP contribution is 2.28. The molecule has 1 amide bonds. The van der Waals surface area contributed by atoms with Crippen LogP contribution in [0.4, 0.5) is 5.69 Å². The number of aromatic hydroxyl groups is 1. The standard InChI is InChI=1S/C28H34ClN3O5S/c1-28(2,31-18-26(34)21-11-12-25(33)24(15-21)32-38(3,36)37)16-20-8-6-7-19(13-20)14-27(35)30-17-22-9-4-5-10-23(22)29/h4-13,15,26,31-34H,14,16-18H2,1-3H3,(H,30,35)/t26-/m0/s1. The molecule has 0 aliphatic carbocycles. The van der Waals surface area contributed by atoms with Crippen LogP contribution in [0.2, 0.25) is 5.02 Å². The third-order valence-corrected chi connectivity index (χ3v) is 6.87. The van der Waals surface area contributed by atoms with Crippen molar-refractivity contribution in [3.63, 3.8) is 0 Å². The van der Waals surface area contributed by atoms with Crippen LogP contribution in [0.5, 0.6) is 5.75 Å². The molecule has 0 bridgehead atoms. The second-order valence-corrected chi connectivity index (χ2v) is 12.1. The van der Waals surface area contributed by atoms with Crippen LogP contribution in [0.15, 0.2) is 66.7 Å². The SMILES string of the molecule is CC(C)(Cc1cccc(CC(=O)NCc2ccccc2Cl)c1)NC[C@H](O)c1ccc(O)c(NS(C)(=O)=O)c1. The molecule has 0 saturated carbocycles. The average molecular weight is 560 g/mol. The summed E-state index contributed by atoms with van der Waals surface area (Å²) in [6, 6.07) is 19.5. The Kier molecular flexibility index (Phi) is 9.78. The van der Waals surface area contributed by atoms with E-state index in [2.05, 4.69) is 15.4 Å². The van der Waals surface area contributed by atoms with E-state index in [0.29, 0.717) is 23.6 Å². The van der Waals surface area contributed by atoms with Crippen LogP contribution in [0, 0.1) is 0 Å². The summed E-state index contributed by atoms with van der Waals surface area (Å²) in [5.74, 6) is -0.321. The van der Waals surface area contributed by atoms with Gasteiger partial charge in [0.25, 0.3) is 0 Å². The molecule has 3 rings (SSSR count). The summed E-state index contributed by atoms with van der Waals surface area (Å²) in [6.07, 6.45) is 0.950. The van der Waals surface area contributed by atoms with Gasteiger partial charge < -0.3 is 20.8 Å². The first-order valence-electron chi connectivity index (χ1n) is 12.1. The van der Waals surface area contributed by atoms with E-state index in [-0.39, 0.29) is 30.3 Å². The van der Waals surface area contributed by atoms with Gasteiger partial charge in [0.05, 0.1) is 24.5 Å². The fourth-order valence-electron chi connectivity index (χ4n) is 4.04. The van der Waals surface area contributed by atoms with E-state index in [4.69, 9.17) is 11.6 Å². The molecule has 8 nitrogen and oxygen atoms in total. The van der Waals surface area contributed by atoms with Crippen molar-refractivity contribution in [2.24, 2.45) is 0 Å². The van der Waals surface area contributed by atoms with Crippen molar-refractivity contribution in [1.29, 1.82) is 0 Å². The van der Waals surface area contributed by atoms with E-state index < -0.39 is 21.7 Å². The number of anilines is 1. The minimum atomic E-state index is -3.58. The lowest BCUT2D eigenvalue weighted by molar-refractivity contribution is -0.120. The largest absolute Gasteiger partial charge is 0.506 e. The summed E-state index contributed by atoms with van der Waals surface area (Å²) in [6.45, 7) is 4.59. The van der Waals surface area contributed by atoms with Crippen LogP contribution < -0.4 is 15.4 Å². The Hall–Kier alpha value is -3.11. The normalized spacial score (nSPS) is 12.7. The number of hydrogen-bond acceptors (Lipinski definition) is 6. The van der Waals surface area contributed by atoms with Gasteiger partial charge in [-0.2, -0.15) is 0 Å². The number of benzene rings is 3. The van der Waals surface area contributed by atoms with Crippen molar-refractivity contribution in [1.82, 2.24) is 10.6 Å². The van der Waals surface area contributed by atoms with Crippen molar-refractivity contribution in [3.05, 3.63) is 94.0 Å². The van der Waals surface area contributed by atoms with Crippen molar-refractivity contribution < 1.29 is 23.4 Å². The summed E-state index contributed by atoms with van der Waals surface area (Å²) in [5, 5.41) is 27.5. The zero-order valence-corrected chi connectivity index (χ0v) is 23.2. The average Bonchev–Trinajstić information content (AvgIpc) is 2.82. The number of hydrogen-bond donors (Lipinski definition) is 5. The van der Waals surface area contributed by atoms with Crippen LogP contribution in [-0.4, -0.2) is 42.9 Å². The molecule has 5 N–H and O–H groups in total. The number of carbonyl (C=O) groups excluding carboxylic acids is 1. The number of β-amino-alcohol motifs (C(OH)–C–C–N with tert-alkyl or cyclic N) is 1. The molecule has 3 aromatic rings. The highest BCUT2D eigenvalue weighted by atomic mass is 35.5. The number of halogens is 1. The Morgan fingerprint density at radius 2 is 1.74 bits per heavy atom. The maximum atomic E-state index is 12.5. The smallest absolute Gasteiger partial charge is 0.229 e. The first-order valence-corrected chi connectivity index (χ1v) is 14.4. The van der Waals surface area contributed by atoms with Gasteiger partial charge in [-0.3, -0.25) is 9.52 Å². The summed E-state index contributed by atoms with van der Waals surface area (Å²) >= 11 is 6.16. The Labute approximate surface area is 229 Å². The van der Waals surface area contributed by atoms with Gasteiger partial charge in [0, 0.05) is 23.7 Å². The van der Waals surface area contributed by atoms with E-state index >= 15 is 0 Å². The number of carbonyl (C=O) groups is 1. The fourth-order valence-corrected chi connectivity index (χ4v) is 4.80. The first-order chi connectivity index (χ1) is 17.8. The third-order valence-electron chi connectivity index (χ3n) is 5.91. The lowest BCUT2D eigenvalue weighted by atomic mass is 9.93. The molecule has 3 aromatic carbocycles. The van der Waals surface area contributed by atoms with Gasteiger partial charge in [0.2, 0.25) is 15.9 Å². The molecule has 0 fully saturated rings. The monoisotopic (exact) mass is 559 g/mol. The summed E-state index contributed by atoms with van der Waals surface area (Å²) < 4.78 is 25.3. The second kappa shape index (κ2) is 12.6. The van der Waals surface area contributed by atoms with Crippen LogP contribution in [0.3, 0.4) is 0 Å². The lowest BCUT2D eigenvalue weighted by Crippen LogP contribution is -2.43. The molecule has 0 aliphatic heterocycles. The molecule has 1 atom stereocenters. The predicted octanol–water partition coefficient (Wildman–Crippen LogP) is 3.92. The molecule has 0 unspecified atom stereocenters. The van der Waals surface area contributed by atoms with E-state index in [0.717, 1.165) is 22.9 Å². The highest BCUT2D eigenvalue weighted by Gasteiger charge is 2.21. The maximum Gasteiger partial charge on any atom is 0.229 e. The molecule has 204 valence electrons. The van der Waals surface area contributed by atoms with E-state index in [1.165, 1.54) is 12.1 Å². The quantitative estimate of drug-likeness (QED) is 0.214. The summed E-state index contributed by atoms with van der Waals surface area (Å²) in [7, 11) is -3.58. The number of rotatable bonds is 12. The van der Waals surface area contributed by atoms with Crippen LogP contribution >= 0.6 is 11.6 Å². The number of sulfonamides is 1. The number of aliphatic hydroxyl groups is 1. The van der Waals surface area contributed by atoms with Gasteiger partial charge >= 0.3 is 0 Å². The van der Waals surface area contributed by atoms with Crippen LogP contribution in [0.1, 0.15) is 42.2 Å². The molecular weight excluding hydrogens is 526 g/mol. The van der Waals surface area contributed by atoms with Crippen molar-refractivity contribution in [2.75, 3.05) is 17.5 Å². The maximum absolute atomic E-state index is 12.5. The van der Waals surface area contributed by atoms with Crippen LogP contribution in [0.25, 0.3) is 0 Å². The zero-order valence-electron chi connectivity index (χ0n) is 21.7. The number of aliphatic hydroxyl groups excluding tert-OH is 1. The Morgan fingerprint density at radius 3 is 2.45 bits per heavy atom. The molecule has 0 saturated heterocycles. The molecule has 0 aromatic heterocycles. The summed E-state index contributed by atoms with van der Waals surface area (Å²) in [4.78, 5) is 12.5. The molecule has 0 aliphatic rings. The number of amides is 1. The number of phenols is 1. The third kappa shape index (κ3) is 9.33. The molecule has 38 heavy (non-hydrogen) atoms. The Bertz CT molecular complexity index is 1380. The van der Waals surface area contributed by atoms with Gasteiger partial charge in [-0.1, -0.05) is 60.1 Å². The number of nitrogens with one attached hydrogen (secondary N) is 3. The van der Waals surface area contributed by atoms with Gasteiger partial charge in [-0.25, -0.2) is 8.42 Å². The second-order valence-electron chi connectivity index (χ2n) is 9.97. The lowest BCUT2D eigenvalue weighted by Gasteiger charge is -2.28. The minimum absolute atomic E-state index is 0.0102. The van der Waals surface area contributed by atoms with E-state index in [9.17, 15) is 23.4 Å². The fraction of sp³-hybridized carbons (Fsp3) is 0.321. The molecule has 0 radical (unpaired) electrons. The van der Waals surface area contributed by atoms with Crippen molar-refractivity contribution in [3.8, 4) is 5.75 Å². The topological polar surface area (TPSA) is 128 Å². The molecule has 10 heteroatoms. The Balaban J connectivity index is 1.56. The minimum Gasteiger partial charge on any atom is -0.506 e. The molecule has 0 heterocycles. The van der Waals surface area contributed by atoms with Crippen LogP contribution in [-0.2, 0) is 34.2 Å². The first kappa shape index (κ1) is 29.4. The summed E-state index contributed by atoms with van der Waals surface area (Å²) in [5.41, 5.74) is 2.87. The van der Waals surface area contributed by atoms with Gasteiger partial charge in [0.1, 0.15) is 5.75 Å². The Morgan fingerprint density at radius 1 is 1.03 bits per heavy atom. The number of phenolic OH excluding ortho intramolecular Hbond substituents is 1. The van der Waals surface area contributed by atoms with E-state index in [1.54, 1.807) is 12.1 Å². The van der Waals surface area contributed by atoms with E-state index in [1.807, 2.05) is 56.3 Å². The van der Waals surface area contributed by atoms with Gasteiger partial charge in [-0.15, -0.1) is 0 Å². The molecular formula is C28H34ClN3O5S.